The van der Waals surface area contributed by atoms with Gasteiger partial charge in [-0.3, -0.25) is 10.1 Å². The first-order valence-corrected chi connectivity index (χ1v) is 7.62. The number of carbonyl (C=O) groups excluding carboxylic acids is 1. The molecule has 0 aliphatic carbocycles. The van der Waals surface area contributed by atoms with E-state index in [2.05, 4.69) is 15.3 Å². The summed E-state index contributed by atoms with van der Waals surface area (Å²) >= 11 is 11.8. The van der Waals surface area contributed by atoms with Crippen LogP contribution in [-0.2, 0) is 4.79 Å². The zero-order valence-electron chi connectivity index (χ0n) is 12.2. The van der Waals surface area contributed by atoms with Crippen molar-refractivity contribution in [3.8, 4) is 17.2 Å². The number of hydrogen-bond donors (Lipinski definition) is 1. The summed E-state index contributed by atoms with van der Waals surface area (Å²) in [4.78, 5) is 20.1. The fraction of sp³-hybridized carbons (Fsp3) is 0.0625. The van der Waals surface area contributed by atoms with Gasteiger partial charge < -0.3 is 9.15 Å². The summed E-state index contributed by atoms with van der Waals surface area (Å²) < 4.78 is 10.6. The second-order valence-electron chi connectivity index (χ2n) is 4.65. The standard InChI is InChI=1S/C16H11Cl2N3O3/c17-10-3-4-13(11(18)8-10)24-9-15(22)21-16-19-6-5-12(20-16)14-2-1-7-23-14/h1-8H,9H2,(H,19,20,21,22). The Morgan fingerprint density at radius 2 is 2.12 bits per heavy atom. The number of rotatable bonds is 5. The van der Waals surface area contributed by atoms with Gasteiger partial charge in [0.15, 0.2) is 12.4 Å². The molecule has 1 aromatic carbocycles. The van der Waals surface area contributed by atoms with Crippen LogP contribution in [-0.4, -0.2) is 22.5 Å². The molecule has 0 aliphatic rings. The molecule has 6 nitrogen and oxygen atoms in total. The number of nitrogens with zero attached hydrogens (tertiary/aromatic N) is 2. The molecule has 0 unspecified atom stereocenters. The topological polar surface area (TPSA) is 77.2 Å². The van der Waals surface area contributed by atoms with E-state index in [9.17, 15) is 4.79 Å². The highest BCUT2D eigenvalue weighted by molar-refractivity contribution is 6.35. The van der Waals surface area contributed by atoms with Crippen molar-refractivity contribution in [3.05, 3.63) is 58.9 Å². The summed E-state index contributed by atoms with van der Waals surface area (Å²) in [5.74, 6) is 0.677. The third kappa shape index (κ3) is 4.04. The number of benzene rings is 1. The quantitative estimate of drug-likeness (QED) is 0.739. The summed E-state index contributed by atoms with van der Waals surface area (Å²) in [7, 11) is 0. The van der Waals surface area contributed by atoms with Crippen LogP contribution in [0.15, 0.2) is 53.3 Å². The van der Waals surface area contributed by atoms with E-state index in [0.717, 1.165) is 0 Å². The minimum absolute atomic E-state index is 0.153. The molecule has 0 bridgehead atoms. The van der Waals surface area contributed by atoms with Gasteiger partial charge in [-0.1, -0.05) is 23.2 Å². The van der Waals surface area contributed by atoms with Crippen molar-refractivity contribution in [1.29, 1.82) is 0 Å². The Hall–Kier alpha value is -2.57. The number of carbonyl (C=O) groups is 1. The van der Waals surface area contributed by atoms with Crippen molar-refractivity contribution in [1.82, 2.24) is 9.97 Å². The molecular formula is C16H11Cl2N3O3. The highest BCUT2D eigenvalue weighted by Gasteiger charge is 2.10. The first-order valence-electron chi connectivity index (χ1n) is 6.86. The van der Waals surface area contributed by atoms with Gasteiger partial charge in [-0.25, -0.2) is 9.97 Å². The fourth-order valence-corrected chi connectivity index (χ4v) is 2.34. The van der Waals surface area contributed by atoms with Crippen molar-refractivity contribution < 1.29 is 13.9 Å². The van der Waals surface area contributed by atoms with E-state index in [1.54, 1.807) is 36.6 Å². The second kappa shape index (κ2) is 7.33. The third-order valence-electron chi connectivity index (χ3n) is 2.93. The lowest BCUT2D eigenvalue weighted by Crippen LogP contribution is -2.21. The van der Waals surface area contributed by atoms with E-state index < -0.39 is 5.91 Å². The number of aromatic nitrogens is 2. The van der Waals surface area contributed by atoms with E-state index in [1.165, 1.54) is 12.3 Å². The van der Waals surface area contributed by atoms with E-state index in [4.69, 9.17) is 32.4 Å². The third-order valence-corrected chi connectivity index (χ3v) is 3.46. The summed E-state index contributed by atoms with van der Waals surface area (Å²) in [6.07, 6.45) is 3.07. The van der Waals surface area contributed by atoms with E-state index >= 15 is 0 Å². The Labute approximate surface area is 147 Å². The highest BCUT2D eigenvalue weighted by atomic mass is 35.5. The Morgan fingerprint density at radius 1 is 1.25 bits per heavy atom. The van der Waals surface area contributed by atoms with Crippen LogP contribution in [0.25, 0.3) is 11.5 Å². The molecule has 0 saturated heterocycles. The summed E-state index contributed by atoms with van der Waals surface area (Å²) in [6, 6.07) is 9.94. The van der Waals surface area contributed by atoms with Crippen LogP contribution in [0.5, 0.6) is 5.75 Å². The number of halogens is 2. The number of ether oxygens (including phenoxy) is 1. The van der Waals surface area contributed by atoms with Crippen LogP contribution in [0.4, 0.5) is 5.95 Å². The molecule has 0 aliphatic heterocycles. The number of amides is 1. The van der Waals surface area contributed by atoms with Gasteiger partial charge in [0, 0.05) is 11.2 Å². The molecule has 0 radical (unpaired) electrons. The summed E-state index contributed by atoms with van der Waals surface area (Å²) in [6.45, 7) is -0.240. The lowest BCUT2D eigenvalue weighted by atomic mass is 10.3. The molecule has 2 heterocycles. The predicted octanol–water partition coefficient (Wildman–Crippen LogP) is 4.06. The molecule has 0 spiro atoms. The van der Waals surface area contributed by atoms with Crippen LogP contribution >= 0.6 is 23.2 Å². The lowest BCUT2D eigenvalue weighted by Gasteiger charge is -2.08. The Balaban J connectivity index is 1.62. The van der Waals surface area contributed by atoms with Crippen molar-refractivity contribution in [3.63, 3.8) is 0 Å². The molecular weight excluding hydrogens is 353 g/mol. The Bertz CT molecular complexity index is 854. The maximum absolute atomic E-state index is 12.0. The minimum Gasteiger partial charge on any atom is -0.482 e. The van der Waals surface area contributed by atoms with Crippen molar-refractivity contribution in [2.45, 2.75) is 0 Å². The molecule has 1 amide bonds. The monoisotopic (exact) mass is 363 g/mol. The maximum atomic E-state index is 12.0. The van der Waals surface area contributed by atoms with Crippen molar-refractivity contribution in [2.24, 2.45) is 0 Å². The molecule has 2 aromatic heterocycles. The van der Waals surface area contributed by atoms with Gasteiger partial charge in [0.1, 0.15) is 11.4 Å². The molecule has 0 saturated carbocycles. The zero-order valence-corrected chi connectivity index (χ0v) is 13.7. The summed E-state index contributed by atoms with van der Waals surface area (Å²) in [5.41, 5.74) is 0.562. The molecule has 122 valence electrons. The first-order chi connectivity index (χ1) is 11.6. The molecule has 0 atom stereocenters. The molecule has 3 rings (SSSR count). The van der Waals surface area contributed by atoms with Gasteiger partial charge in [-0.15, -0.1) is 0 Å². The van der Waals surface area contributed by atoms with Gasteiger partial charge in [-0.2, -0.15) is 0 Å². The smallest absolute Gasteiger partial charge is 0.264 e. The molecule has 24 heavy (non-hydrogen) atoms. The van der Waals surface area contributed by atoms with Gasteiger partial charge in [0.25, 0.3) is 5.91 Å². The second-order valence-corrected chi connectivity index (χ2v) is 5.50. The zero-order chi connectivity index (χ0) is 16.9. The number of anilines is 1. The Kier molecular flexibility index (Phi) is 4.98. The molecule has 1 N–H and O–H groups in total. The maximum Gasteiger partial charge on any atom is 0.264 e. The van der Waals surface area contributed by atoms with Gasteiger partial charge >= 0.3 is 0 Å². The van der Waals surface area contributed by atoms with Crippen LogP contribution in [0.2, 0.25) is 10.0 Å². The van der Waals surface area contributed by atoms with E-state index in [0.29, 0.717) is 27.2 Å². The average Bonchev–Trinajstić information content (AvgIpc) is 3.09. The molecule has 8 heteroatoms. The Morgan fingerprint density at radius 3 is 2.88 bits per heavy atom. The van der Waals surface area contributed by atoms with E-state index in [1.807, 2.05) is 0 Å². The summed E-state index contributed by atoms with van der Waals surface area (Å²) in [5, 5.41) is 3.36. The van der Waals surface area contributed by atoms with Crippen LogP contribution < -0.4 is 10.1 Å². The highest BCUT2D eigenvalue weighted by Crippen LogP contribution is 2.27. The number of nitrogens with one attached hydrogen (secondary N) is 1. The molecule has 0 fully saturated rings. The normalized spacial score (nSPS) is 10.4. The fourth-order valence-electron chi connectivity index (χ4n) is 1.88. The van der Waals surface area contributed by atoms with Crippen molar-refractivity contribution in [2.75, 3.05) is 11.9 Å². The number of hydrogen-bond acceptors (Lipinski definition) is 5. The minimum atomic E-state index is -0.419. The van der Waals surface area contributed by atoms with Gasteiger partial charge in [0.2, 0.25) is 5.95 Å². The molecule has 3 aromatic rings. The predicted molar refractivity (Wildman–Crippen MR) is 90.3 cm³/mol. The van der Waals surface area contributed by atoms with Gasteiger partial charge in [0.05, 0.1) is 11.3 Å². The SMILES string of the molecule is O=C(COc1ccc(Cl)cc1Cl)Nc1nccc(-c2ccco2)n1. The van der Waals surface area contributed by atoms with Crippen LogP contribution in [0.3, 0.4) is 0 Å². The first kappa shape index (κ1) is 16.3. The van der Waals surface area contributed by atoms with Crippen molar-refractivity contribution >= 4 is 35.1 Å². The van der Waals surface area contributed by atoms with Crippen LogP contribution in [0, 0.1) is 0 Å². The van der Waals surface area contributed by atoms with Gasteiger partial charge in [-0.05, 0) is 36.4 Å². The van der Waals surface area contributed by atoms with Crippen LogP contribution in [0.1, 0.15) is 0 Å². The largest absolute Gasteiger partial charge is 0.482 e. The van der Waals surface area contributed by atoms with E-state index in [-0.39, 0.29) is 12.6 Å². The number of furan rings is 1. The lowest BCUT2D eigenvalue weighted by molar-refractivity contribution is -0.118. The average molecular weight is 364 g/mol.